The van der Waals surface area contributed by atoms with Crippen LogP contribution in [0.3, 0.4) is 0 Å². The minimum absolute atomic E-state index is 0.0679. The van der Waals surface area contributed by atoms with E-state index in [0.29, 0.717) is 13.2 Å². The zero-order valence-electron chi connectivity index (χ0n) is 18.8. The van der Waals surface area contributed by atoms with Crippen LogP contribution in [0.1, 0.15) is 31.4 Å². The molecule has 1 amide bonds. The second-order valence-corrected chi connectivity index (χ2v) is 7.91. The van der Waals surface area contributed by atoms with Gasteiger partial charge in [0.2, 0.25) is 5.91 Å². The van der Waals surface area contributed by atoms with Gasteiger partial charge in [0, 0.05) is 18.3 Å². The Morgan fingerprint density at radius 2 is 1.66 bits per heavy atom. The van der Waals surface area contributed by atoms with Gasteiger partial charge in [0.1, 0.15) is 11.5 Å². The molecule has 0 aromatic heterocycles. The summed E-state index contributed by atoms with van der Waals surface area (Å²) in [5.41, 5.74) is 3.20. The van der Waals surface area contributed by atoms with E-state index >= 15 is 0 Å². The van der Waals surface area contributed by atoms with Crippen molar-refractivity contribution in [2.75, 3.05) is 18.5 Å². The van der Waals surface area contributed by atoms with E-state index in [1.54, 1.807) is 0 Å². The number of ether oxygens (including phenoxy) is 2. The van der Waals surface area contributed by atoms with E-state index in [2.05, 4.69) is 34.9 Å². The van der Waals surface area contributed by atoms with E-state index in [4.69, 9.17) is 9.47 Å². The number of hydrogen-bond acceptors (Lipinski definition) is 4. The van der Waals surface area contributed by atoms with Crippen molar-refractivity contribution in [3.63, 3.8) is 0 Å². The first-order valence-corrected chi connectivity index (χ1v) is 11.1. The number of benzene rings is 3. The Hall–Kier alpha value is -3.47. The maximum absolute atomic E-state index is 12.2. The van der Waals surface area contributed by atoms with Crippen LogP contribution in [0.5, 0.6) is 11.5 Å². The molecule has 3 rings (SSSR count). The van der Waals surface area contributed by atoms with E-state index in [0.717, 1.165) is 35.6 Å². The first kappa shape index (κ1) is 23.2. The lowest BCUT2D eigenvalue weighted by molar-refractivity contribution is -0.119. The van der Waals surface area contributed by atoms with Crippen molar-refractivity contribution < 1.29 is 14.3 Å². The molecule has 0 heterocycles. The summed E-state index contributed by atoms with van der Waals surface area (Å²) in [4.78, 5) is 12.2. The summed E-state index contributed by atoms with van der Waals surface area (Å²) in [7, 11) is 0. The molecule has 0 spiro atoms. The van der Waals surface area contributed by atoms with Crippen LogP contribution in [-0.4, -0.2) is 25.2 Å². The van der Waals surface area contributed by atoms with Gasteiger partial charge in [-0.05, 0) is 62.1 Å². The van der Waals surface area contributed by atoms with Gasteiger partial charge in [-0.2, -0.15) is 0 Å². The highest BCUT2D eigenvalue weighted by molar-refractivity contribution is 5.80. The lowest BCUT2D eigenvalue weighted by atomic mass is 10.1. The highest BCUT2D eigenvalue weighted by Crippen LogP contribution is 2.18. The lowest BCUT2D eigenvalue weighted by Gasteiger charge is -2.11. The highest BCUT2D eigenvalue weighted by atomic mass is 16.5. The van der Waals surface area contributed by atoms with Crippen molar-refractivity contribution in [1.29, 1.82) is 0 Å². The maximum Gasteiger partial charge on any atom is 0.239 e. The fourth-order valence-corrected chi connectivity index (χ4v) is 3.21. The van der Waals surface area contributed by atoms with Crippen LogP contribution in [0.15, 0.2) is 78.9 Å². The van der Waals surface area contributed by atoms with Gasteiger partial charge < -0.3 is 20.1 Å². The summed E-state index contributed by atoms with van der Waals surface area (Å²) in [6.45, 7) is 5.32. The molecular formula is C27H32N2O3. The summed E-state index contributed by atoms with van der Waals surface area (Å²) in [6, 6.07) is 25.9. The van der Waals surface area contributed by atoms with Crippen molar-refractivity contribution in [3.8, 4) is 11.5 Å². The van der Waals surface area contributed by atoms with Gasteiger partial charge in [0.15, 0.2) is 0 Å². The van der Waals surface area contributed by atoms with Gasteiger partial charge in [0.05, 0.1) is 19.3 Å². The summed E-state index contributed by atoms with van der Waals surface area (Å²) < 4.78 is 11.5. The molecular weight excluding hydrogens is 400 g/mol. The zero-order chi connectivity index (χ0) is 22.6. The molecule has 32 heavy (non-hydrogen) atoms. The molecule has 0 bridgehead atoms. The Morgan fingerprint density at radius 3 is 2.41 bits per heavy atom. The molecule has 0 saturated carbocycles. The Bertz CT molecular complexity index is 956. The van der Waals surface area contributed by atoms with Gasteiger partial charge >= 0.3 is 0 Å². The van der Waals surface area contributed by atoms with E-state index in [1.807, 2.05) is 68.4 Å². The molecule has 0 radical (unpaired) electrons. The smallest absolute Gasteiger partial charge is 0.239 e. The number of carbonyl (C=O) groups excluding carboxylic acids is 1. The van der Waals surface area contributed by atoms with Gasteiger partial charge in [-0.25, -0.2) is 0 Å². The van der Waals surface area contributed by atoms with Crippen LogP contribution < -0.4 is 20.1 Å². The Morgan fingerprint density at radius 1 is 0.875 bits per heavy atom. The Labute approximate surface area is 190 Å². The van der Waals surface area contributed by atoms with E-state index < -0.39 is 0 Å². The highest BCUT2D eigenvalue weighted by Gasteiger charge is 2.04. The normalized spacial score (nSPS) is 10.6. The second-order valence-electron chi connectivity index (χ2n) is 7.91. The standard InChI is InChI=1S/C27H32N2O3/c1-21(2)32-25-15-13-23(14-16-25)19-29-27(30)20-28-24-11-6-12-26(18-24)31-17-7-10-22-8-4-3-5-9-22/h3-6,8-9,11-16,18,21,28H,7,10,17,19-20H2,1-2H3,(H,29,30). The summed E-state index contributed by atoms with van der Waals surface area (Å²) in [5.74, 6) is 1.56. The Balaban J connectivity index is 1.36. The van der Waals surface area contributed by atoms with Crippen LogP contribution in [0.25, 0.3) is 0 Å². The van der Waals surface area contributed by atoms with Gasteiger partial charge in [-0.3, -0.25) is 4.79 Å². The molecule has 3 aromatic carbocycles. The number of aryl methyl sites for hydroxylation is 1. The van der Waals surface area contributed by atoms with Crippen LogP contribution in [0.2, 0.25) is 0 Å². The van der Waals surface area contributed by atoms with Crippen LogP contribution >= 0.6 is 0 Å². The number of nitrogens with one attached hydrogen (secondary N) is 2. The molecule has 5 nitrogen and oxygen atoms in total. The van der Waals surface area contributed by atoms with Crippen molar-refractivity contribution >= 4 is 11.6 Å². The quantitative estimate of drug-likeness (QED) is 0.386. The second kappa shape index (κ2) is 12.4. The molecule has 0 unspecified atom stereocenters. The largest absolute Gasteiger partial charge is 0.494 e. The van der Waals surface area contributed by atoms with Gasteiger partial charge in [0.25, 0.3) is 0 Å². The number of carbonyl (C=O) groups is 1. The first-order chi connectivity index (χ1) is 15.6. The summed E-state index contributed by atoms with van der Waals surface area (Å²) >= 11 is 0. The van der Waals surface area contributed by atoms with Crippen molar-refractivity contribution in [1.82, 2.24) is 5.32 Å². The Kier molecular flexibility index (Phi) is 8.99. The predicted octanol–water partition coefficient (Wildman–Crippen LogP) is 5.21. The average Bonchev–Trinajstić information content (AvgIpc) is 2.81. The summed E-state index contributed by atoms with van der Waals surface area (Å²) in [5, 5.41) is 6.08. The molecule has 0 aliphatic carbocycles. The van der Waals surface area contributed by atoms with Crippen LogP contribution in [0, 0.1) is 0 Å². The van der Waals surface area contributed by atoms with E-state index in [-0.39, 0.29) is 18.6 Å². The molecule has 2 N–H and O–H groups in total. The van der Waals surface area contributed by atoms with Gasteiger partial charge in [-0.15, -0.1) is 0 Å². The topological polar surface area (TPSA) is 59.6 Å². The minimum Gasteiger partial charge on any atom is -0.494 e. The molecule has 3 aromatic rings. The summed E-state index contributed by atoms with van der Waals surface area (Å²) in [6.07, 6.45) is 2.09. The lowest BCUT2D eigenvalue weighted by Crippen LogP contribution is -2.29. The van der Waals surface area contributed by atoms with Crippen LogP contribution in [0.4, 0.5) is 5.69 Å². The molecule has 5 heteroatoms. The third kappa shape index (κ3) is 8.34. The number of hydrogen-bond donors (Lipinski definition) is 2. The number of amides is 1. The molecule has 0 fully saturated rings. The third-order valence-corrected chi connectivity index (χ3v) is 4.79. The fourth-order valence-electron chi connectivity index (χ4n) is 3.21. The van der Waals surface area contributed by atoms with E-state index in [9.17, 15) is 4.79 Å². The zero-order valence-corrected chi connectivity index (χ0v) is 18.8. The monoisotopic (exact) mass is 432 g/mol. The SMILES string of the molecule is CC(C)Oc1ccc(CNC(=O)CNc2cccc(OCCCc3ccccc3)c2)cc1. The molecule has 0 aliphatic rings. The molecule has 168 valence electrons. The number of rotatable bonds is 12. The van der Waals surface area contributed by atoms with Crippen molar-refractivity contribution in [2.24, 2.45) is 0 Å². The van der Waals surface area contributed by atoms with Crippen LogP contribution in [-0.2, 0) is 17.8 Å². The minimum atomic E-state index is -0.0679. The van der Waals surface area contributed by atoms with E-state index in [1.165, 1.54) is 5.56 Å². The predicted molar refractivity (Wildman–Crippen MR) is 129 cm³/mol. The molecule has 0 aliphatic heterocycles. The third-order valence-electron chi connectivity index (χ3n) is 4.79. The molecule has 0 saturated heterocycles. The average molecular weight is 433 g/mol. The molecule has 0 atom stereocenters. The maximum atomic E-state index is 12.2. The van der Waals surface area contributed by atoms with Crippen molar-refractivity contribution in [2.45, 2.75) is 39.3 Å². The number of anilines is 1. The van der Waals surface area contributed by atoms with Crippen molar-refractivity contribution in [3.05, 3.63) is 90.0 Å². The fraction of sp³-hybridized carbons (Fsp3) is 0.296. The van der Waals surface area contributed by atoms with Gasteiger partial charge in [-0.1, -0.05) is 48.5 Å². The first-order valence-electron chi connectivity index (χ1n) is 11.1.